The molecule has 1 aromatic carbocycles. The zero-order chi connectivity index (χ0) is 14.5. The number of aromatic nitrogens is 1. The van der Waals surface area contributed by atoms with Gasteiger partial charge in [-0.05, 0) is 35.1 Å². The average molecular weight is 269 g/mol. The molecule has 0 radical (unpaired) electrons. The number of hydrogen-bond donors (Lipinski definition) is 1. The summed E-state index contributed by atoms with van der Waals surface area (Å²) < 4.78 is 0. The number of hydrogen-bond acceptors (Lipinski definition) is 2. The van der Waals surface area contributed by atoms with Gasteiger partial charge in [0.1, 0.15) is 6.10 Å². The zero-order valence-electron chi connectivity index (χ0n) is 12.5. The van der Waals surface area contributed by atoms with Crippen molar-refractivity contribution >= 4 is 0 Å². The Bertz CT molecular complexity index is 546. The molecule has 0 spiro atoms. The van der Waals surface area contributed by atoms with Crippen molar-refractivity contribution in [1.82, 2.24) is 4.98 Å². The van der Waals surface area contributed by atoms with Gasteiger partial charge in [0.25, 0.3) is 0 Å². The van der Waals surface area contributed by atoms with Gasteiger partial charge in [-0.3, -0.25) is 4.98 Å². The fourth-order valence-corrected chi connectivity index (χ4v) is 2.41. The molecule has 2 heteroatoms. The minimum atomic E-state index is -0.531. The molecule has 20 heavy (non-hydrogen) atoms. The van der Waals surface area contributed by atoms with Crippen LogP contribution in [-0.4, -0.2) is 10.1 Å². The molecule has 2 aromatic rings. The van der Waals surface area contributed by atoms with Gasteiger partial charge in [0, 0.05) is 12.6 Å². The summed E-state index contributed by atoms with van der Waals surface area (Å²) in [7, 11) is 0. The van der Waals surface area contributed by atoms with E-state index < -0.39 is 6.10 Å². The van der Waals surface area contributed by atoms with E-state index in [0.29, 0.717) is 12.3 Å². The molecule has 1 atom stereocenters. The lowest BCUT2D eigenvalue weighted by Crippen LogP contribution is -2.07. The van der Waals surface area contributed by atoms with Crippen LogP contribution in [0.5, 0.6) is 0 Å². The summed E-state index contributed by atoms with van der Waals surface area (Å²) >= 11 is 0. The summed E-state index contributed by atoms with van der Waals surface area (Å²) in [6, 6.07) is 12.5. The number of aryl methyl sites for hydroxylation is 1. The summed E-state index contributed by atoms with van der Waals surface area (Å²) in [5, 5.41) is 10.4. The van der Waals surface area contributed by atoms with E-state index in [1.54, 1.807) is 6.20 Å². The van der Waals surface area contributed by atoms with E-state index >= 15 is 0 Å². The van der Waals surface area contributed by atoms with Gasteiger partial charge in [0.2, 0.25) is 0 Å². The molecule has 1 N–H and O–H groups in total. The fraction of sp³-hybridized carbons (Fsp3) is 0.389. The molecule has 0 amide bonds. The van der Waals surface area contributed by atoms with Crippen molar-refractivity contribution in [3.63, 3.8) is 0 Å². The van der Waals surface area contributed by atoms with Crippen molar-refractivity contribution in [1.29, 1.82) is 0 Å². The first-order valence-corrected chi connectivity index (χ1v) is 7.32. The van der Waals surface area contributed by atoms with Crippen LogP contribution in [0.2, 0.25) is 0 Å². The first kappa shape index (κ1) is 14.7. The Hall–Kier alpha value is -1.67. The number of nitrogens with zero attached hydrogens (tertiary/aromatic N) is 1. The van der Waals surface area contributed by atoms with Crippen LogP contribution in [0.15, 0.2) is 42.6 Å². The lowest BCUT2D eigenvalue weighted by Gasteiger charge is -2.14. The number of rotatable bonds is 5. The van der Waals surface area contributed by atoms with Crippen LogP contribution in [0.25, 0.3) is 0 Å². The van der Waals surface area contributed by atoms with E-state index in [-0.39, 0.29) is 0 Å². The lowest BCUT2D eigenvalue weighted by atomic mass is 9.97. The Balaban J connectivity index is 2.13. The van der Waals surface area contributed by atoms with Gasteiger partial charge in [-0.15, -0.1) is 0 Å². The van der Waals surface area contributed by atoms with Crippen LogP contribution < -0.4 is 0 Å². The molecule has 1 aromatic heterocycles. The van der Waals surface area contributed by atoms with Crippen LogP contribution in [-0.2, 0) is 12.8 Å². The quantitative estimate of drug-likeness (QED) is 0.888. The van der Waals surface area contributed by atoms with Gasteiger partial charge in [0.05, 0.1) is 5.69 Å². The molecule has 1 heterocycles. The third-order valence-electron chi connectivity index (χ3n) is 3.70. The van der Waals surface area contributed by atoms with Crippen molar-refractivity contribution in [3.8, 4) is 0 Å². The van der Waals surface area contributed by atoms with Gasteiger partial charge in [0.15, 0.2) is 0 Å². The first-order valence-electron chi connectivity index (χ1n) is 7.32. The SMILES string of the molecule is CCc1cccnc1C(O)Cc1ccc(C(C)C)cc1. The van der Waals surface area contributed by atoms with Crippen molar-refractivity contribution in [3.05, 3.63) is 65.0 Å². The molecule has 1 unspecified atom stereocenters. The van der Waals surface area contributed by atoms with Crippen LogP contribution >= 0.6 is 0 Å². The number of benzene rings is 1. The second-order valence-electron chi connectivity index (χ2n) is 5.52. The third-order valence-corrected chi connectivity index (χ3v) is 3.70. The summed E-state index contributed by atoms with van der Waals surface area (Å²) in [5.74, 6) is 0.538. The average Bonchev–Trinajstić information content (AvgIpc) is 2.47. The number of aliphatic hydroxyl groups is 1. The molecule has 106 valence electrons. The summed E-state index contributed by atoms with van der Waals surface area (Å²) in [5.41, 5.74) is 4.41. The maximum Gasteiger partial charge on any atom is 0.100 e. The van der Waals surface area contributed by atoms with Gasteiger partial charge in [-0.2, -0.15) is 0 Å². The predicted octanol–water partition coefficient (Wildman–Crippen LogP) is 4.04. The van der Waals surface area contributed by atoms with E-state index in [1.165, 1.54) is 5.56 Å². The molecule has 2 rings (SSSR count). The highest BCUT2D eigenvalue weighted by Crippen LogP contribution is 2.22. The highest BCUT2D eigenvalue weighted by atomic mass is 16.3. The molecule has 0 saturated heterocycles. The Morgan fingerprint density at radius 1 is 1.10 bits per heavy atom. The minimum absolute atomic E-state index is 0.531. The molecule has 0 aliphatic carbocycles. The Kier molecular flexibility index (Phi) is 4.91. The molecule has 0 bridgehead atoms. The van der Waals surface area contributed by atoms with Gasteiger partial charge < -0.3 is 5.11 Å². The second kappa shape index (κ2) is 6.67. The highest BCUT2D eigenvalue weighted by molar-refractivity contribution is 5.28. The minimum Gasteiger partial charge on any atom is -0.386 e. The highest BCUT2D eigenvalue weighted by Gasteiger charge is 2.13. The van der Waals surface area contributed by atoms with E-state index in [1.807, 2.05) is 12.1 Å². The van der Waals surface area contributed by atoms with Crippen LogP contribution in [0, 0.1) is 0 Å². The largest absolute Gasteiger partial charge is 0.386 e. The second-order valence-corrected chi connectivity index (χ2v) is 5.52. The van der Waals surface area contributed by atoms with E-state index in [9.17, 15) is 5.11 Å². The smallest absolute Gasteiger partial charge is 0.100 e. The molecule has 2 nitrogen and oxygen atoms in total. The number of aliphatic hydroxyl groups excluding tert-OH is 1. The standard InChI is InChI=1S/C18H23NO/c1-4-15-6-5-11-19-18(15)17(20)12-14-7-9-16(10-8-14)13(2)3/h5-11,13,17,20H,4,12H2,1-3H3. The molecule has 0 fully saturated rings. The molecular formula is C18H23NO. The molecular weight excluding hydrogens is 246 g/mol. The van der Waals surface area contributed by atoms with E-state index in [4.69, 9.17) is 0 Å². The molecule has 0 aliphatic rings. The zero-order valence-corrected chi connectivity index (χ0v) is 12.5. The normalized spacial score (nSPS) is 12.7. The van der Waals surface area contributed by atoms with Gasteiger partial charge in [-0.25, -0.2) is 0 Å². The lowest BCUT2D eigenvalue weighted by molar-refractivity contribution is 0.172. The van der Waals surface area contributed by atoms with Crippen LogP contribution in [0.4, 0.5) is 0 Å². The monoisotopic (exact) mass is 269 g/mol. The van der Waals surface area contributed by atoms with E-state index in [0.717, 1.165) is 23.2 Å². The van der Waals surface area contributed by atoms with Crippen molar-refractivity contribution in [2.75, 3.05) is 0 Å². The Labute approximate surface area is 121 Å². The Morgan fingerprint density at radius 2 is 1.80 bits per heavy atom. The fourth-order valence-electron chi connectivity index (χ4n) is 2.41. The maximum absolute atomic E-state index is 10.4. The van der Waals surface area contributed by atoms with Crippen LogP contribution in [0.1, 0.15) is 55.2 Å². The third kappa shape index (κ3) is 3.45. The van der Waals surface area contributed by atoms with E-state index in [2.05, 4.69) is 50.0 Å². The predicted molar refractivity (Wildman–Crippen MR) is 82.8 cm³/mol. The van der Waals surface area contributed by atoms with Crippen LogP contribution in [0.3, 0.4) is 0 Å². The van der Waals surface area contributed by atoms with Crippen molar-refractivity contribution in [2.24, 2.45) is 0 Å². The van der Waals surface area contributed by atoms with Crippen molar-refractivity contribution < 1.29 is 5.11 Å². The maximum atomic E-state index is 10.4. The van der Waals surface area contributed by atoms with Gasteiger partial charge >= 0.3 is 0 Å². The molecule has 0 saturated carbocycles. The van der Waals surface area contributed by atoms with Crippen molar-refractivity contribution in [2.45, 2.75) is 45.6 Å². The van der Waals surface area contributed by atoms with Gasteiger partial charge in [-0.1, -0.05) is 51.1 Å². The summed E-state index contributed by atoms with van der Waals surface area (Å²) in [6.07, 6.45) is 2.73. The topological polar surface area (TPSA) is 33.1 Å². The first-order chi connectivity index (χ1) is 9.61. The summed E-state index contributed by atoms with van der Waals surface area (Å²) in [6.45, 7) is 6.46. The Morgan fingerprint density at radius 3 is 2.40 bits per heavy atom. The number of pyridine rings is 1. The molecule has 0 aliphatic heterocycles. The summed E-state index contributed by atoms with van der Waals surface area (Å²) in [4.78, 5) is 4.34.